The van der Waals surface area contributed by atoms with Gasteiger partial charge in [0.1, 0.15) is 11.5 Å². The lowest BCUT2D eigenvalue weighted by molar-refractivity contribution is -0.134. The fraction of sp³-hybridized carbons (Fsp3) is 0.300. The van der Waals surface area contributed by atoms with E-state index in [9.17, 15) is 4.79 Å². The number of esters is 1. The van der Waals surface area contributed by atoms with Crippen LogP contribution in [-0.2, 0) is 4.79 Å². The van der Waals surface area contributed by atoms with Crippen LogP contribution in [0, 0.1) is 0 Å². The smallest absolute Gasteiger partial charge is 0.347 e. The van der Waals surface area contributed by atoms with Crippen LogP contribution in [0.1, 0.15) is 6.92 Å². The highest BCUT2D eigenvalue weighted by Gasteiger charge is 2.29. The Balaban J connectivity index is 2.70. The maximum Gasteiger partial charge on any atom is 0.347 e. The van der Waals surface area contributed by atoms with Gasteiger partial charge >= 0.3 is 5.97 Å². The summed E-state index contributed by atoms with van der Waals surface area (Å²) in [7, 11) is 1.55. The van der Waals surface area contributed by atoms with Gasteiger partial charge in [0, 0.05) is 0 Å². The largest absolute Gasteiger partial charge is 0.497 e. The minimum atomic E-state index is -1.54. The molecule has 1 aromatic rings. The second kappa shape index (κ2) is 4.73. The summed E-state index contributed by atoms with van der Waals surface area (Å²) in [4.78, 5) is 11.3. The number of hydrogen-bond acceptors (Lipinski definition) is 3. The number of rotatable bonds is 3. The maximum absolute atomic E-state index is 11.3. The summed E-state index contributed by atoms with van der Waals surface area (Å²) in [5.41, 5.74) is 0. The number of ether oxygens (including phenoxy) is 2. The van der Waals surface area contributed by atoms with E-state index in [0.717, 1.165) is 0 Å². The van der Waals surface area contributed by atoms with Crippen molar-refractivity contribution in [3.05, 3.63) is 24.3 Å². The highest BCUT2D eigenvalue weighted by atomic mass is 35.5. The van der Waals surface area contributed by atoms with E-state index in [1.165, 1.54) is 6.92 Å². The summed E-state index contributed by atoms with van der Waals surface area (Å²) in [5, 5.41) is 0. The fourth-order valence-electron chi connectivity index (χ4n) is 0.840. The third-order valence-corrected chi connectivity index (χ3v) is 1.94. The minimum Gasteiger partial charge on any atom is -0.497 e. The van der Waals surface area contributed by atoms with Gasteiger partial charge in [0.2, 0.25) is 4.33 Å². The summed E-state index contributed by atoms with van der Waals surface area (Å²) in [6, 6.07) is 6.53. The Morgan fingerprint density at radius 2 is 1.67 bits per heavy atom. The van der Waals surface area contributed by atoms with E-state index >= 15 is 0 Å². The molecule has 0 saturated carbocycles. The van der Waals surface area contributed by atoms with Gasteiger partial charge in [-0.25, -0.2) is 4.79 Å². The second-order valence-electron chi connectivity index (χ2n) is 2.95. The van der Waals surface area contributed by atoms with Crippen molar-refractivity contribution in [3.8, 4) is 11.5 Å². The molecule has 0 N–H and O–H groups in total. The molecule has 0 aliphatic heterocycles. The molecule has 0 heterocycles. The zero-order valence-corrected chi connectivity index (χ0v) is 9.80. The van der Waals surface area contributed by atoms with Crippen molar-refractivity contribution in [2.75, 3.05) is 7.11 Å². The van der Waals surface area contributed by atoms with Gasteiger partial charge in [0.05, 0.1) is 7.11 Å². The first kappa shape index (κ1) is 12.1. The summed E-state index contributed by atoms with van der Waals surface area (Å²) in [6.07, 6.45) is 0. The molecule has 0 unspecified atom stereocenters. The van der Waals surface area contributed by atoms with Crippen LogP contribution in [-0.4, -0.2) is 17.4 Å². The number of halogens is 2. The van der Waals surface area contributed by atoms with Crippen molar-refractivity contribution >= 4 is 29.2 Å². The molecule has 0 atom stereocenters. The molecule has 5 heteroatoms. The van der Waals surface area contributed by atoms with E-state index in [-0.39, 0.29) is 0 Å². The van der Waals surface area contributed by atoms with Gasteiger partial charge in [-0.1, -0.05) is 23.2 Å². The van der Waals surface area contributed by atoms with Crippen LogP contribution in [0.2, 0.25) is 0 Å². The van der Waals surface area contributed by atoms with Crippen LogP contribution < -0.4 is 9.47 Å². The first-order valence-corrected chi connectivity index (χ1v) is 4.93. The molecule has 1 aromatic carbocycles. The average molecular weight is 249 g/mol. The molecule has 15 heavy (non-hydrogen) atoms. The van der Waals surface area contributed by atoms with Crippen LogP contribution >= 0.6 is 23.2 Å². The average Bonchev–Trinajstić information content (AvgIpc) is 2.17. The lowest BCUT2D eigenvalue weighted by atomic mass is 10.3. The predicted molar refractivity (Wildman–Crippen MR) is 58.7 cm³/mol. The molecule has 1 rings (SSSR count). The quantitative estimate of drug-likeness (QED) is 0.469. The predicted octanol–water partition coefficient (Wildman–Crippen LogP) is 2.79. The topological polar surface area (TPSA) is 35.5 Å². The molecule has 0 amide bonds. The van der Waals surface area contributed by atoms with Crippen molar-refractivity contribution in [1.29, 1.82) is 0 Å². The van der Waals surface area contributed by atoms with Gasteiger partial charge in [-0.05, 0) is 31.2 Å². The van der Waals surface area contributed by atoms with Crippen LogP contribution in [0.4, 0.5) is 0 Å². The lowest BCUT2D eigenvalue weighted by Gasteiger charge is -2.12. The van der Waals surface area contributed by atoms with E-state index in [1.807, 2.05) is 0 Å². The number of alkyl halides is 2. The van der Waals surface area contributed by atoms with Gasteiger partial charge < -0.3 is 9.47 Å². The number of hydrogen-bond donors (Lipinski definition) is 0. The van der Waals surface area contributed by atoms with Crippen molar-refractivity contribution in [2.24, 2.45) is 0 Å². The van der Waals surface area contributed by atoms with Crippen molar-refractivity contribution in [1.82, 2.24) is 0 Å². The Morgan fingerprint density at radius 3 is 2.07 bits per heavy atom. The SMILES string of the molecule is COc1ccc(OC(=O)C(C)(Cl)Cl)cc1. The van der Waals surface area contributed by atoms with E-state index in [1.54, 1.807) is 31.4 Å². The molecular weight excluding hydrogens is 239 g/mol. The van der Waals surface area contributed by atoms with Gasteiger partial charge in [0.15, 0.2) is 0 Å². The summed E-state index contributed by atoms with van der Waals surface area (Å²) in [6.45, 7) is 1.35. The number of carbonyl (C=O) groups is 1. The van der Waals surface area contributed by atoms with Crippen molar-refractivity contribution in [2.45, 2.75) is 11.3 Å². The maximum atomic E-state index is 11.3. The summed E-state index contributed by atoms with van der Waals surface area (Å²) < 4.78 is 8.33. The van der Waals surface area contributed by atoms with E-state index < -0.39 is 10.3 Å². The molecule has 0 aliphatic carbocycles. The monoisotopic (exact) mass is 248 g/mol. The second-order valence-corrected chi connectivity index (χ2v) is 4.66. The molecule has 0 radical (unpaired) electrons. The molecule has 0 aliphatic rings. The zero-order valence-electron chi connectivity index (χ0n) is 8.29. The van der Waals surface area contributed by atoms with E-state index in [2.05, 4.69) is 0 Å². The Morgan fingerprint density at radius 1 is 1.20 bits per heavy atom. The molecule has 0 saturated heterocycles. The van der Waals surface area contributed by atoms with Gasteiger partial charge in [-0.2, -0.15) is 0 Å². The number of carbonyl (C=O) groups excluding carboxylic acids is 1. The van der Waals surface area contributed by atoms with Crippen LogP contribution in [0.25, 0.3) is 0 Å². The van der Waals surface area contributed by atoms with Crippen LogP contribution in [0.3, 0.4) is 0 Å². The van der Waals surface area contributed by atoms with Crippen molar-refractivity contribution in [3.63, 3.8) is 0 Å². The Labute approximate surface area is 97.9 Å². The fourth-order valence-corrected chi connectivity index (χ4v) is 0.918. The Hall–Kier alpha value is -0.930. The molecular formula is C10H10Cl2O3. The Bertz CT molecular complexity index is 341. The molecule has 0 fully saturated rings. The molecule has 0 bridgehead atoms. The number of methoxy groups -OCH3 is 1. The third-order valence-electron chi connectivity index (χ3n) is 1.63. The van der Waals surface area contributed by atoms with Crippen LogP contribution in [0.15, 0.2) is 24.3 Å². The molecule has 3 nitrogen and oxygen atoms in total. The third kappa shape index (κ3) is 3.61. The highest BCUT2D eigenvalue weighted by Crippen LogP contribution is 2.24. The van der Waals surface area contributed by atoms with E-state index in [4.69, 9.17) is 32.7 Å². The first-order chi connectivity index (χ1) is 6.93. The lowest BCUT2D eigenvalue weighted by Crippen LogP contribution is -2.27. The zero-order chi connectivity index (χ0) is 11.5. The highest BCUT2D eigenvalue weighted by molar-refractivity contribution is 6.57. The minimum absolute atomic E-state index is 0.369. The Kier molecular flexibility index (Phi) is 3.83. The van der Waals surface area contributed by atoms with Gasteiger partial charge in [-0.3, -0.25) is 0 Å². The molecule has 82 valence electrons. The molecule has 0 spiro atoms. The van der Waals surface area contributed by atoms with Crippen LogP contribution in [0.5, 0.6) is 11.5 Å². The van der Waals surface area contributed by atoms with Crippen molar-refractivity contribution < 1.29 is 14.3 Å². The summed E-state index contributed by atoms with van der Waals surface area (Å²) >= 11 is 11.1. The first-order valence-electron chi connectivity index (χ1n) is 4.17. The normalized spacial score (nSPS) is 10.9. The van der Waals surface area contributed by atoms with Gasteiger partial charge in [-0.15, -0.1) is 0 Å². The van der Waals surface area contributed by atoms with Gasteiger partial charge in [0.25, 0.3) is 0 Å². The molecule has 0 aromatic heterocycles. The number of benzene rings is 1. The van der Waals surface area contributed by atoms with E-state index in [0.29, 0.717) is 11.5 Å². The summed E-state index contributed by atoms with van der Waals surface area (Å²) in [5.74, 6) is 0.332. The standard InChI is InChI=1S/C10H10Cl2O3/c1-10(11,12)9(13)15-8-5-3-7(14-2)4-6-8/h3-6H,1-2H3.